The maximum Gasteiger partial charge on any atom is 0.348 e. The van der Waals surface area contributed by atoms with Crippen molar-refractivity contribution in [1.29, 1.82) is 0 Å². The van der Waals surface area contributed by atoms with Gasteiger partial charge >= 0.3 is 5.97 Å². The van der Waals surface area contributed by atoms with Gasteiger partial charge in [-0.25, -0.2) is 4.79 Å². The average molecular weight is 360 g/mol. The van der Waals surface area contributed by atoms with Crippen LogP contribution < -0.4 is 5.32 Å². The van der Waals surface area contributed by atoms with Gasteiger partial charge in [0.15, 0.2) is 0 Å². The van der Waals surface area contributed by atoms with E-state index in [-0.39, 0.29) is 12.3 Å². The second kappa shape index (κ2) is 8.20. The first-order valence-electron chi connectivity index (χ1n) is 7.42. The number of benzene rings is 1. The van der Waals surface area contributed by atoms with Gasteiger partial charge in [0, 0.05) is 12.1 Å². The topological polar surface area (TPSA) is 98.5 Å². The van der Waals surface area contributed by atoms with E-state index < -0.39 is 16.8 Å². The van der Waals surface area contributed by atoms with Crippen LogP contribution in [0, 0.1) is 17.0 Å². The van der Waals surface area contributed by atoms with Gasteiger partial charge in [-0.15, -0.1) is 11.3 Å². The molecule has 0 saturated carbocycles. The van der Waals surface area contributed by atoms with Crippen molar-refractivity contribution in [2.24, 2.45) is 0 Å². The predicted octanol–water partition coefficient (Wildman–Crippen LogP) is 3.79. The van der Waals surface area contributed by atoms with Crippen LogP contribution in [0.2, 0.25) is 0 Å². The van der Waals surface area contributed by atoms with Crippen molar-refractivity contribution in [2.75, 3.05) is 11.9 Å². The van der Waals surface area contributed by atoms with Crippen molar-refractivity contribution in [3.05, 3.63) is 62.5 Å². The van der Waals surface area contributed by atoms with E-state index in [1.165, 1.54) is 18.2 Å². The summed E-state index contributed by atoms with van der Waals surface area (Å²) >= 11 is 1.12. The van der Waals surface area contributed by atoms with E-state index in [0.29, 0.717) is 21.0 Å². The highest BCUT2D eigenvalue weighted by molar-refractivity contribution is 7.18. The van der Waals surface area contributed by atoms with Gasteiger partial charge in [0.2, 0.25) is 5.91 Å². The summed E-state index contributed by atoms with van der Waals surface area (Å²) in [5, 5.41) is 14.1. The van der Waals surface area contributed by atoms with Gasteiger partial charge in [-0.05, 0) is 37.6 Å². The number of nitrogens with one attached hydrogen (secondary N) is 1. The van der Waals surface area contributed by atoms with Crippen molar-refractivity contribution in [1.82, 2.24) is 0 Å². The summed E-state index contributed by atoms with van der Waals surface area (Å²) in [6.45, 7) is 3.75. The molecule has 1 N–H and O–H groups in total. The molecule has 1 aromatic heterocycles. The number of hydrogen-bond donors (Lipinski definition) is 1. The monoisotopic (exact) mass is 360 g/mol. The van der Waals surface area contributed by atoms with Crippen LogP contribution in [0.4, 0.5) is 10.7 Å². The third-order valence-corrected chi connectivity index (χ3v) is 4.31. The fraction of sp³-hybridized carbons (Fsp3) is 0.176. The number of amides is 1. The summed E-state index contributed by atoms with van der Waals surface area (Å²) in [7, 11) is 0. The fourth-order valence-electron chi connectivity index (χ4n) is 2.07. The summed E-state index contributed by atoms with van der Waals surface area (Å²) in [5.74, 6) is -0.879. The molecule has 0 atom stereocenters. The number of thiophene rings is 1. The van der Waals surface area contributed by atoms with Crippen LogP contribution in [0.1, 0.15) is 27.7 Å². The lowest BCUT2D eigenvalue weighted by atomic mass is 10.1. The lowest BCUT2D eigenvalue weighted by molar-refractivity contribution is -0.385. The summed E-state index contributed by atoms with van der Waals surface area (Å²) in [6, 6.07) is 7.80. The highest BCUT2D eigenvalue weighted by Crippen LogP contribution is 2.27. The van der Waals surface area contributed by atoms with E-state index in [1.54, 1.807) is 38.1 Å². The molecule has 25 heavy (non-hydrogen) atoms. The van der Waals surface area contributed by atoms with Gasteiger partial charge in [-0.2, -0.15) is 0 Å². The third-order valence-electron chi connectivity index (χ3n) is 3.17. The zero-order valence-corrected chi connectivity index (χ0v) is 14.5. The number of rotatable bonds is 6. The standard InChI is InChI=1S/C17H16N2O5S/c1-3-24-17(21)16-11(2)10-15(25-16)18-14(20)9-8-12-6-4-5-7-13(12)19(22)23/h4-10H,3H2,1-2H3,(H,18,20)/b9-8+. The number of carbonyl (C=O) groups excluding carboxylic acids is 2. The number of anilines is 1. The molecule has 1 aromatic carbocycles. The van der Waals surface area contributed by atoms with Crippen molar-refractivity contribution in [3.8, 4) is 0 Å². The SMILES string of the molecule is CCOC(=O)c1sc(NC(=O)/C=C/c2ccccc2[N+](=O)[O-])cc1C. The highest BCUT2D eigenvalue weighted by Gasteiger charge is 2.15. The van der Waals surface area contributed by atoms with Gasteiger partial charge in [-0.1, -0.05) is 12.1 Å². The Morgan fingerprint density at radius 1 is 1.36 bits per heavy atom. The molecule has 8 heteroatoms. The molecule has 0 unspecified atom stereocenters. The molecule has 0 radical (unpaired) electrons. The molecule has 1 amide bonds. The highest BCUT2D eigenvalue weighted by atomic mass is 32.1. The molecule has 7 nitrogen and oxygen atoms in total. The average Bonchev–Trinajstić information content (AvgIpc) is 2.93. The number of nitrogens with zero attached hydrogens (tertiary/aromatic N) is 1. The van der Waals surface area contributed by atoms with Crippen LogP contribution in [0.15, 0.2) is 36.4 Å². The molecule has 2 rings (SSSR count). The molecule has 0 spiro atoms. The van der Waals surface area contributed by atoms with E-state index in [1.807, 2.05) is 0 Å². The molecule has 1 heterocycles. The molecule has 2 aromatic rings. The van der Waals surface area contributed by atoms with Crippen LogP contribution in [0.5, 0.6) is 0 Å². The van der Waals surface area contributed by atoms with Crippen LogP contribution in [0.3, 0.4) is 0 Å². The number of carbonyl (C=O) groups is 2. The molecule has 0 aliphatic heterocycles. The zero-order chi connectivity index (χ0) is 18.4. The van der Waals surface area contributed by atoms with Gasteiger partial charge in [0.1, 0.15) is 4.88 Å². The third kappa shape index (κ3) is 4.74. The van der Waals surface area contributed by atoms with E-state index in [0.717, 1.165) is 11.3 Å². The van der Waals surface area contributed by atoms with Gasteiger partial charge < -0.3 is 10.1 Å². The Labute approximate surface area is 148 Å². The maximum absolute atomic E-state index is 12.0. The number of ether oxygens (including phenoxy) is 1. The van der Waals surface area contributed by atoms with Crippen molar-refractivity contribution in [2.45, 2.75) is 13.8 Å². The lowest BCUT2D eigenvalue weighted by Crippen LogP contribution is -2.06. The van der Waals surface area contributed by atoms with Crippen LogP contribution in [-0.2, 0) is 9.53 Å². The van der Waals surface area contributed by atoms with Crippen LogP contribution in [0.25, 0.3) is 6.08 Å². The summed E-state index contributed by atoms with van der Waals surface area (Å²) in [4.78, 5) is 34.6. The van der Waals surface area contributed by atoms with Gasteiger partial charge in [0.25, 0.3) is 5.69 Å². The Morgan fingerprint density at radius 3 is 2.76 bits per heavy atom. The first kappa shape index (κ1) is 18.3. The number of nitro groups is 1. The smallest absolute Gasteiger partial charge is 0.348 e. The number of hydrogen-bond acceptors (Lipinski definition) is 6. The van der Waals surface area contributed by atoms with Crippen molar-refractivity contribution < 1.29 is 19.2 Å². The Morgan fingerprint density at radius 2 is 2.08 bits per heavy atom. The van der Waals surface area contributed by atoms with Gasteiger partial charge in [-0.3, -0.25) is 14.9 Å². The Balaban J connectivity index is 2.10. The molecular weight excluding hydrogens is 344 g/mol. The second-order valence-electron chi connectivity index (χ2n) is 4.98. The number of para-hydroxylation sites is 1. The largest absolute Gasteiger partial charge is 0.462 e. The quantitative estimate of drug-likeness (QED) is 0.366. The lowest BCUT2D eigenvalue weighted by Gasteiger charge is -1.99. The van der Waals surface area contributed by atoms with Crippen molar-refractivity contribution >= 4 is 40.0 Å². The number of aryl methyl sites for hydroxylation is 1. The van der Waals surface area contributed by atoms with Crippen molar-refractivity contribution in [3.63, 3.8) is 0 Å². The minimum absolute atomic E-state index is 0.0804. The van der Waals surface area contributed by atoms with E-state index in [2.05, 4.69) is 5.32 Å². The molecule has 0 fully saturated rings. The number of nitro benzene ring substituents is 1. The molecule has 0 saturated heterocycles. The predicted molar refractivity (Wildman–Crippen MR) is 95.8 cm³/mol. The second-order valence-corrected chi connectivity index (χ2v) is 6.03. The summed E-state index contributed by atoms with van der Waals surface area (Å²) < 4.78 is 4.95. The molecule has 0 aliphatic carbocycles. The minimum Gasteiger partial charge on any atom is -0.462 e. The Kier molecular flexibility index (Phi) is 6.02. The molecule has 130 valence electrons. The Hall–Kier alpha value is -3.00. The fourth-order valence-corrected chi connectivity index (χ4v) is 3.04. The minimum atomic E-state index is -0.508. The summed E-state index contributed by atoms with van der Waals surface area (Å²) in [5.41, 5.74) is 0.960. The van der Waals surface area contributed by atoms with Crippen LogP contribution >= 0.6 is 11.3 Å². The van der Waals surface area contributed by atoms with E-state index >= 15 is 0 Å². The van der Waals surface area contributed by atoms with E-state index in [9.17, 15) is 19.7 Å². The first-order chi connectivity index (χ1) is 11.9. The molecule has 0 bridgehead atoms. The van der Waals surface area contributed by atoms with Crippen LogP contribution in [-0.4, -0.2) is 23.4 Å². The van der Waals surface area contributed by atoms with E-state index in [4.69, 9.17) is 4.74 Å². The zero-order valence-electron chi connectivity index (χ0n) is 13.6. The normalized spacial score (nSPS) is 10.6. The molecule has 0 aliphatic rings. The maximum atomic E-state index is 12.0. The Bertz CT molecular complexity index is 841. The molecular formula is C17H16N2O5S. The number of esters is 1. The summed E-state index contributed by atoms with van der Waals surface area (Å²) in [6.07, 6.45) is 2.58. The van der Waals surface area contributed by atoms with Gasteiger partial charge in [0.05, 0.1) is 22.1 Å². The first-order valence-corrected chi connectivity index (χ1v) is 8.24.